The van der Waals surface area contributed by atoms with Crippen LogP contribution in [0.25, 0.3) is 0 Å². The van der Waals surface area contributed by atoms with Gasteiger partial charge in [0.05, 0.1) is 6.42 Å². The second kappa shape index (κ2) is 6.49. The number of carbonyl (C=O) groups is 2. The summed E-state index contributed by atoms with van der Waals surface area (Å²) < 4.78 is 0. The van der Waals surface area contributed by atoms with Crippen LogP contribution in [0.1, 0.15) is 15.9 Å². The maximum atomic E-state index is 11.9. The summed E-state index contributed by atoms with van der Waals surface area (Å²) in [6, 6.07) is 16.0. The number of nitrogens with one attached hydrogen (secondary N) is 2. The van der Waals surface area contributed by atoms with Crippen molar-refractivity contribution >= 4 is 17.5 Å². The van der Waals surface area contributed by atoms with Crippen LogP contribution in [0.15, 0.2) is 54.6 Å². The fraction of sp³-hybridized carbons (Fsp3) is 0.0667. The average molecular weight is 269 g/mol. The third-order valence-corrected chi connectivity index (χ3v) is 2.77. The van der Waals surface area contributed by atoms with E-state index in [1.807, 2.05) is 18.2 Å². The largest absolute Gasteiger partial charge is 0.322 e. The van der Waals surface area contributed by atoms with E-state index in [-0.39, 0.29) is 18.2 Å². The summed E-state index contributed by atoms with van der Waals surface area (Å²) in [6.45, 7) is 0. The molecular weight excluding hydrogens is 254 g/mol. The van der Waals surface area contributed by atoms with Crippen LogP contribution >= 0.6 is 0 Å². The molecule has 0 fully saturated rings. The average Bonchev–Trinajstić information content (AvgIpc) is 2.50. The minimum absolute atomic E-state index is 0.168. The number of hydrogen-bond acceptors (Lipinski definition) is 3. The molecule has 0 unspecified atom stereocenters. The number of amides is 2. The Kier molecular flexibility index (Phi) is 4.47. The minimum Gasteiger partial charge on any atom is -0.322 e. The predicted molar refractivity (Wildman–Crippen MR) is 76.9 cm³/mol. The molecule has 2 aromatic carbocycles. The lowest BCUT2D eigenvalue weighted by atomic mass is 10.1. The first-order valence-corrected chi connectivity index (χ1v) is 6.14. The van der Waals surface area contributed by atoms with Gasteiger partial charge in [-0.05, 0) is 29.8 Å². The van der Waals surface area contributed by atoms with Gasteiger partial charge < -0.3 is 5.32 Å². The van der Waals surface area contributed by atoms with Gasteiger partial charge in [-0.25, -0.2) is 5.84 Å². The summed E-state index contributed by atoms with van der Waals surface area (Å²) in [5.74, 6) is 4.60. The van der Waals surface area contributed by atoms with E-state index in [2.05, 4.69) is 10.7 Å². The summed E-state index contributed by atoms with van der Waals surface area (Å²) in [7, 11) is 0. The van der Waals surface area contributed by atoms with Gasteiger partial charge in [0.2, 0.25) is 5.91 Å². The molecule has 5 nitrogen and oxygen atoms in total. The summed E-state index contributed by atoms with van der Waals surface area (Å²) in [4.78, 5) is 23.1. The summed E-state index contributed by atoms with van der Waals surface area (Å²) in [5.41, 5.74) is 4.17. The van der Waals surface area contributed by atoms with Crippen molar-refractivity contribution < 1.29 is 9.59 Å². The molecule has 0 aliphatic heterocycles. The SMILES string of the molecule is NNC(=O)Cc1ccc(NC(=O)c2ccccc2)cc1. The van der Waals surface area contributed by atoms with Gasteiger partial charge in [-0.2, -0.15) is 0 Å². The molecule has 2 rings (SSSR count). The second-order valence-corrected chi connectivity index (χ2v) is 4.26. The third-order valence-electron chi connectivity index (χ3n) is 2.77. The van der Waals surface area contributed by atoms with Crippen LogP contribution in [0, 0.1) is 0 Å². The molecule has 0 heterocycles. The van der Waals surface area contributed by atoms with E-state index in [1.165, 1.54) is 0 Å². The number of carbonyl (C=O) groups excluding carboxylic acids is 2. The predicted octanol–water partition coefficient (Wildman–Crippen LogP) is 1.47. The fourth-order valence-corrected chi connectivity index (χ4v) is 1.74. The Bertz CT molecular complexity index is 594. The highest BCUT2D eigenvalue weighted by molar-refractivity contribution is 6.04. The van der Waals surface area contributed by atoms with Crippen LogP contribution in [0.3, 0.4) is 0 Å². The van der Waals surface area contributed by atoms with Gasteiger partial charge in [0, 0.05) is 11.3 Å². The molecule has 0 aliphatic rings. The number of benzene rings is 2. The first kappa shape index (κ1) is 13.8. The van der Waals surface area contributed by atoms with E-state index in [9.17, 15) is 9.59 Å². The molecule has 0 aromatic heterocycles. The zero-order valence-electron chi connectivity index (χ0n) is 10.8. The van der Waals surface area contributed by atoms with E-state index in [4.69, 9.17) is 5.84 Å². The lowest BCUT2D eigenvalue weighted by Gasteiger charge is -2.06. The van der Waals surface area contributed by atoms with Crippen LogP contribution in [-0.2, 0) is 11.2 Å². The molecular formula is C15H15N3O2. The highest BCUT2D eigenvalue weighted by atomic mass is 16.2. The maximum absolute atomic E-state index is 11.9. The minimum atomic E-state index is -0.258. The summed E-state index contributed by atoms with van der Waals surface area (Å²) >= 11 is 0. The molecule has 5 heteroatoms. The van der Waals surface area contributed by atoms with E-state index < -0.39 is 0 Å². The van der Waals surface area contributed by atoms with Crippen molar-refractivity contribution in [2.75, 3.05) is 5.32 Å². The molecule has 0 atom stereocenters. The fourth-order valence-electron chi connectivity index (χ4n) is 1.74. The standard InChI is InChI=1S/C15H15N3O2/c16-18-14(19)10-11-6-8-13(9-7-11)17-15(20)12-4-2-1-3-5-12/h1-9H,10,16H2,(H,17,20)(H,18,19). The Hall–Kier alpha value is -2.66. The Morgan fingerprint density at radius 2 is 1.60 bits per heavy atom. The molecule has 0 radical (unpaired) electrons. The molecule has 0 bridgehead atoms. The van der Waals surface area contributed by atoms with Crippen LogP contribution in [0.4, 0.5) is 5.69 Å². The normalized spacial score (nSPS) is 9.85. The molecule has 2 aromatic rings. The molecule has 0 saturated carbocycles. The highest BCUT2D eigenvalue weighted by Crippen LogP contribution is 2.11. The maximum Gasteiger partial charge on any atom is 0.255 e. The van der Waals surface area contributed by atoms with Crippen LogP contribution in [0.5, 0.6) is 0 Å². The van der Waals surface area contributed by atoms with Crippen molar-refractivity contribution in [1.29, 1.82) is 0 Å². The Balaban J connectivity index is 2.00. The number of hydrazine groups is 1. The number of nitrogens with two attached hydrogens (primary N) is 1. The van der Waals surface area contributed by atoms with Gasteiger partial charge >= 0.3 is 0 Å². The van der Waals surface area contributed by atoms with E-state index >= 15 is 0 Å². The molecule has 0 saturated heterocycles. The molecule has 20 heavy (non-hydrogen) atoms. The topological polar surface area (TPSA) is 84.2 Å². The summed E-state index contributed by atoms with van der Waals surface area (Å²) in [5, 5.41) is 2.79. The van der Waals surface area contributed by atoms with Crippen molar-refractivity contribution in [3.63, 3.8) is 0 Å². The van der Waals surface area contributed by atoms with Gasteiger partial charge in [0.1, 0.15) is 0 Å². The molecule has 2 amide bonds. The van der Waals surface area contributed by atoms with Crippen molar-refractivity contribution in [1.82, 2.24) is 5.43 Å². The molecule has 0 aliphatic carbocycles. The van der Waals surface area contributed by atoms with Gasteiger partial charge in [-0.3, -0.25) is 15.0 Å². The van der Waals surface area contributed by atoms with E-state index in [0.29, 0.717) is 11.3 Å². The lowest BCUT2D eigenvalue weighted by Crippen LogP contribution is -2.31. The number of rotatable bonds is 4. The van der Waals surface area contributed by atoms with Crippen LogP contribution in [0.2, 0.25) is 0 Å². The van der Waals surface area contributed by atoms with Gasteiger partial charge in [0.15, 0.2) is 0 Å². The van der Waals surface area contributed by atoms with Crippen molar-refractivity contribution in [3.8, 4) is 0 Å². The summed E-state index contributed by atoms with van der Waals surface area (Å²) in [6.07, 6.45) is 0.212. The Morgan fingerprint density at radius 3 is 2.20 bits per heavy atom. The van der Waals surface area contributed by atoms with Crippen LogP contribution < -0.4 is 16.6 Å². The Morgan fingerprint density at radius 1 is 0.950 bits per heavy atom. The Labute approximate surface area is 116 Å². The first-order valence-electron chi connectivity index (χ1n) is 6.14. The van der Waals surface area contributed by atoms with Crippen molar-refractivity contribution in [3.05, 3.63) is 65.7 Å². The van der Waals surface area contributed by atoms with E-state index in [0.717, 1.165) is 5.56 Å². The molecule has 4 N–H and O–H groups in total. The smallest absolute Gasteiger partial charge is 0.255 e. The second-order valence-electron chi connectivity index (χ2n) is 4.26. The zero-order valence-corrected chi connectivity index (χ0v) is 10.8. The van der Waals surface area contributed by atoms with Crippen molar-refractivity contribution in [2.45, 2.75) is 6.42 Å². The highest BCUT2D eigenvalue weighted by Gasteiger charge is 2.05. The zero-order chi connectivity index (χ0) is 14.4. The van der Waals surface area contributed by atoms with Gasteiger partial charge in [0.25, 0.3) is 5.91 Å². The number of anilines is 1. The lowest BCUT2D eigenvalue weighted by molar-refractivity contribution is -0.120. The quantitative estimate of drug-likeness (QED) is 0.446. The van der Waals surface area contributed by atoms with Gasteiger partial charge in [-0.15, -0.1) is 0 Å². The monoisotopic (exact) mass is 269 g/mol. The molecule has 102 valence electrons. The van der Waals surface area contributed by atoms with Gasteiger partial charge in [-0.1, -0.05) is 30.3 Å². The van der Waals surface area contributed by atoms with E-state index in [1.54, 1.807) is 36.4 Å². The van der Waals surface area contributed by atoms with Crippen LogP contribution in [-0.4, -0.2) is 11.8 Å². The van der Waals surface area contributed by atoms with Crippen molar-refractivity contribution in [2.24, 2.45) is 5.84 Å². The first-order chi connectivity index (χ1) is 9.69. The number of hydrogen-bond donors (Lipinski definition) is 3. The molecule has 0 spiro atoms. The third kappa shape index (κ3) is 3.66.